The van der Waals surface area contributed by atoms with Crippen LogP contribution < -0.4 is 15.1 Å². The summed E-state index contributed by atoms with van der Waals surface area (Å²) in [5.41, 5.74) is 1.59. The van der Waals surface area contributed by atoms with Crippen LogP contribution in [0.3, 0.4) is 0 Å². The number of nitrogens with zero attached hydrogens (tertiary/aromatic N) is 3. The van der Waals surface area contributed by atoms with E-state index in [1.165, 1.54) is 25.0 Å². The number of thiazole rings is 1. The zero-order valence-corrected chi connectivity index (χ0v) is 16.3. The molecule has 1 aromatic heterocycles. The van der Waals surface area contributed by atoms with Gasteiger partial charge in [-0.25, -0.2) is 9.37 Å². The number of anilines is 2. The maximum Gasteiger partial charge on any atom is 0.244 e. The molecule has 0 spiro atoms. The lowest BCUT2D eigenvalue weighted by atomic mass is 10.1. The molecule has 2 aromatic rings. The largest absolute Gasteiger partial charge is 0.345 e. The molecule has 1 N–H and O–H groups in total. The van der Waals surface area contributed by atoms with Crippen molar-refractivity contribution in [2.45, 2.75) is 51.2 Å². The Labute approximate surface area is 163 Å². The molecule has 1 aliphatic carbocycles. The average molecular weight is 389 g/mol. The zero-order chi connectivity index (χ0) is 18.8. The molecule has 7 heteroatoms. The van der Waals surface area contributed by atoms with Gasteiger partial charge >= 0.3 is 0 Å². The van der Waals surface area contributed by atoms with E-state index in [1.807, 2.05) is 5.38 Å². The molecule has 144 valence electrons. The van der Waals surface area contributed by atoms with Crippen LogP contribution in [-0.2, 0) is 11.3 Å². The van der Waals surface area contributed by atoms with Crippen molar-refractivity contribution in [3.63, 3.8) is 0 Å². The highest BCUT2D eigenvalue weighted by molar-refractivity contribution is 7.13. The highest BCUT2D eigenvalue weighted by atomic mass is 32.1. The van der Waals surface area contributed by atoms with Crippen molar-refractivity contribution in [3.8, 4) is 0 Å². The number of aromatic nitrogens is 1. The Bertz CT molecular complexity index is 784. The number of benzene rings is 1. The maximum atomic E-state index is 13.4. The molecule has 4 rings (SSSR count). The molecule has 1 atom stereocenters. The van der Waals surface area contributed by atoms with E-state index in [0.29, 0.717) is 18.3 Å². The van der Waals surface area contributed by atoms with Gasteiger partial charge in [-0.3, -0.25) is 4.79 Å². The van der Waals surface area contributed by atoms with Crippen molar-refractivity contribution in [2.75, 3.05) is 22.9 Å². The van der Waals surface area contributed by atoms with Gasteiger partial charge in [-0.05, 0) is 63.4 Å². The van der Waals surface area contributed by atoms with E-state index >= 15 is 0 Å². The van der Waals surface area contributed by atoms with Gasteiger partial charge in [0.25, 0.3) is 0 Å². The third kappa shape index (κ3) is 4.14. The first-order valence-corrected chi connectivity index (χ1v) is 10.5. The first-order chi connectivity index (χ1) is 13.2. The van der Waals surface area contributed by atoms with E-state index in [4.69, 9.17) is 4.98 Å². The van der Waals surface area contributed by atoms with Crippen molar-refractivity contribution in [1.82, 2.24) is 10.3 Å². The quantitative estimate of drug-likeness (QED) is 0.788. The fourth-order valence-electron chi connectivity index (χ4n) is 3.60. The molecule has 1 aromatic carbocycles. The third-order valence-corrected chi connectivity index (χ3v) is 6.12. The van der Waals surface area contributed by atoms with E-state index in [-0.39, 0.29) is 17.8 Å². The van der Waals surface area contributed by atoms with Crippen LogP contribution in [0.2, 0.25) is 0 Å². The van der Waals surface area contributed by atoms with Gasteiger partial charge < -0.3 is 15.1 Å². The van der Waals surface area contributed by atoms with E-state index in [9.17, 15) is 9.18 Å². The number of nitrogens with one attached hydrogen (secondary N) is 1. The van der Waals surface area contributed by atoms with Gasteiger partial charge in [-0.2, -0.15) is 0 Å². The van der Waals surface area contributed by atoms with Crippen LogP contribution in [0, 0.1) is 5.82 Å². The molecule has 2 aliphatic rings. The standard InChI is InChI=1S/C20H25FN4OS/c1-2-24(16-9-10-16)20-23-15(13-27-20)12-25(17-7-5-14(21)6-8-17)19(26)18-4-3-11-22-18/h5-8,13,16,18,22H,2-4,9-12H2,1H3/t18-/m0/s1. The lowest BCUT2D eigenvalue weighted by molar-refractivity contribution is -0.120. The minimum absolute atomic E-state index is 0.0307. The normalized spacial score (nSPS) is 19.3. The second-order valence-electron chi connectivity index (χ2n) is 7.19. The molecular weight excluding hydrogens is 363 g/mol. The first-order valence-electron chi connectivity index (χ1n) is 9.67. The van der Waals surface area contributed by atoms with E-state index < -0.39 is 0 Å². The first kappa shape index (κ1) is 18.4. The van der Waals surface area contributed by atoms with E-state index in [0.717, 1.165) is 36.8 Å². The minimum atomic E-state index is -0.302. The highest BCUT2D eigenvalue weighted by Gasteiger charge is 2.31. The average Bonchev–Trinajstić information content (AvgIpc) is 3.17. The number of hydrogen-bond acceptors (Lipinski definition) is 5. The Morgan fingerprint density at radius 3 is 2.70 bits per heavy atom. The molecule has 1 amide bonds. The summed E-state index contributed by atoms with van der Waals surface area (Å²) < 4.78 is 13.4. The Balaban J connectivity index is 1.56. The Morgan fingerprint density at radius 2 is 2.07 bits per heavy atom. The molecule has 0 radical (unpaired) electrons. The van der Waals surface area contributed by atoms with Crippen LogP contribution >= 0.6 is 11.3 Å². The maximum absolute atomic E-state index is 13.4. The van der Waals surface area contributed by atoms with Gasteiger partial charge in [-0.15, -0.1) is 11.3 Å². The van der Waals surface area contributed by atoms with Gasteiger partial charge in [0.05, 0.1) is 18.3 Å². The molecular formula is C20H25FN4OS. The summed E-state index contributed by atoms with van der Waals surface area (Å²) in [5.74, 6) is -0.271. The van der Waals surface area contributed by atoms with Gasteiger partial charge in [0.15, 0.2) is 5.13 Å². The van der Waals surface area contributed by atoms with Crippen molar-refractivity contribution in [2.24, 2.45) is 0 Å². The van der Waals surface area contributed by atoms with Crippen LogP contribution in [0.1, 0.15) is 38.3 Å². The predicted octanol–water partition coefficient (Wildman–Crippen LogP) is 3.56. The SMILES string of the molecule is CCN(c1nc(CN(C(=O)[C@@H]2CCCN2)c2ccc(F)cc2)cs1)C1CC1. The number of carbonyl (C=O) groups is 1. The van der Waals surface area contributed by atoms with Crippen LogP contribution in [0.25, 0.3) is 0 Å². The van der Waals surface area contributed by atoms with Crippen LogP contribution in [0.5, 0.6) is 0 Å². The topological polar surface area (TPSA) is 48.5 Å². The second kappa shape index (κ2) is 7.94. The Morgan fingerprint density at radius 1 is 1.30 bits per heavy atom. The molecule has 1 aliphatic heterocycles. The highest BCUT2D eigenvalue weighted by Crippen LogP contribution is 2.33. The van der Waals surface area contributed by atoms with Gasteiger partial charge in [0.1, 0.15) is 5.82 Å². The molecule has 5 nitrogen and oxygen atoms in total. The molecule has 1 saturated carbocycles. The molecule has 0 bridgehead atoms. The summed E-state index contributed by atoms with van der Waals surface area (Å²) in [6.07, 6.45) is 4.30. The summed E-state index contributed by atoms with van der Waals surface area (Å²) in [7, 11) is 0. The number of halogens is 1. The van der Waals surface area contributed by atoms with E-state index in [2.05, 4.69) is 17.1 Å². The lowest BCUT2D eigenvalue weighted by Gasteiger charge is -2.25. The zero-order valence-electron chi connectivity index (χ0n) is 15.5. The molecule has 2 heterocycles. The number of rotatable bonds is 7. The van der Waals surface area contributed by atoms with E-state index in [1.54, 1.807) is 28.4 Å². The summed E-state index contributed by atoms with van der Waals surface area (Å²) in [6, 6.07) is 6.57. The number of hydrogen-bond donors (Lipinski definition) is 1. The number of carbonyl (C=O) groups excluding carboxylic acids is 1. The summed E-state index contributed by atoms with van der Waals surface area (Å²) >= 11 is 1.64. The summed E-state index contributed by atoms with van der Waals surface area (Å²) in [6.45, 7) is 4.37. The molecule has 0 unspecified atom stereocenters. The third-order valence-electron chi connectivity index (χ3n) is 5.20. The molecule has 1 saturated heterocycles. The van der Waals surface area contributed by atoms with Crippen LogP contribution in [0.4, 0.5) is 15.2 Å². The predicted molar refractivity (Wildman–Crippen MR) is 107 cm³/mol. The molecule has 2 fully saturated rings. The second-order valence-corrected chi connectivity index (χ2v) is 8.02. The lowest BCUT2D eigenvalue weighted by Crippen LogP contribution is -2.43. The number of amides is 1. The van der Waals surface area contributed by atoms with Crippen molar-refractivity contribution in [1.29, 1.82) is 0 Å². The Kier molecular flexibility index (Phi) is 5.41. The van der Waals surface area contributed by atoms with Crippen LogP contribution in [-0.4, -0.2) is 36.1 Å². The monoisotopic (exact) mass is 388 g/mol. The minimum Gasteiger partial charge on any atom is -0.345 e. The fourth-order valence-corrected chi connectivity index (χ4v) is 4.55. The molecule has 27 heavy (non-hydrogen) atoms. The summed E-state index contributed by atoms with van der Waals surface area (Å²) in [5, 5.41) is 6.33. The van der Waals surface area contributed by atoms with Crippen molar-refractivity contribution in [3.05, 3.63) is 41.2 Å². The van der Waals surface area contributed by atoms with Crippen molar-refractivity contribution < 1.29 is 9.18 Å². The van der Waals surface area contributed by atoms with Crippen LogP contribution in [0.15, 0.2) is 29.6 Å². The Hall–Kier alpha value is -1.99. The van der Waals surface area contributed by atoms with Gasteiger partial charge in [0.2, 0.25) is 5.91 Å². The van der Waals surface area contributed by atoms with Gasteiger partial charge in [0, 0.05) is 23.7 Å². The smallest absolute Gasteiger partial charge is 0.244 e. The summed E-state index contributed by atoms with van der Waals surface area (Å²) in [4.78, 5) is 22.0. The van der Waals surface area contributed by atoms with Crippen molar-refractivity contribution >= 4 is 28.1 Å². The fraction of sp³-hybridized carbons (Fsp3) is 0.500. The van der Waals surface area contributed by atoms with Gasteiger partial charge in [-0.1, -0.05) is 0 Å².